The number of pyridine rings is 1. The van der Waals surface area contributed by atoms with E-state index in [-0.39, 0.29) is 12.1 Å². The number of hydrogen-bond donors (Lipinski definition) is 1. The van der Waals surface area contributed by atoms with Crippen LogP contribution in [0.1, 0.15) is 68.5 Å². The molecule has 0 unspecified atom stereocenters. The molecule has 2 aliphatic rings. The third kappa shape index (κ3) is 5.08. The van der Waals surface area contributed by atoms with Crippen molar-refractivity contribution in [3.8, 4) is 0 Å². The molecule has 4 rings (SSSR count). The summed E-state index contributed by atoms with van der Waals surface area (Å²) in [5.41, 5.74) is 2.13. The number of likely N-dealkylation sites (tertiary alicyclic amines) is 1. The van der Waals surface area contributed by atoms with E-state index in [4.69, 9.17) is 4.74 Å². The summed E-state index contributed by atoms with van der Waals surface area (Å²) in [5.74, 6) is 0.937. The topological polar surface area (TPSA) is 54.5 Å². The number of nitrogens with zero attached hydrogens (tertiary/aromatic N) is 2. The third-order valence-corrected chi connectivity index (χ3v) is 6.09. The molecule has 2 aromatic rings. The molecule has 1 aliphatic carbocycles. The van der Waals surface area contributed by atoms with Gasteiger partial charge in [-0.25, -0.2) is 9.78 Å². The van der Waals surface area contributed by atoms with Crippen LogP contribution >= 0.6 is 0 Å². The van der Waals surface area contributed by atoms with Crippen LogP contribution in [0.5, 0.6) is 0 Å². The van der Waals surface area contributed by atoms with E-state index in [0.717, 1.165) is 42.8 Å². The Morgan fingerprint density at radius 1 is 1.00 bits per heavy atom. The number of carbonyl (C=O) groups is 1. The number of benzene rings is 1. The highest BCUT2D eigenvalue weighted by Gasteiger charge is 2.31. The predicted octanol–water partition coefficient (Wildman–Crippen LogP) is 5.69. The Morgan fingerprint density at radius 2 is 1.79 bits per heavy atom. The van der Waals surface area contributed by atoms with Gasteiger partial charge in [-0.05, 0) is 43.7 Å². The van der Waals surface area contributed by atoms with Crippen LogP contribution < -0.4 is 5.32 Å². The zero-order valence-corrected chi connectivity index (χ0v) is 17.1. The van der Waals surface area contributed by atoms with E-state index in [1.165, 1.54) is 32.1 Å². The summed E-state index contributed by atoms with van der Waals surface area (Å²) in [4.78, 5) is 19.5. The monoisotopic (exact) mass is 393 g/mol. The lowest BCUT2D eigenvalue weighted by molar-refractivity contribution is 0.0680. The molecule has 154 valence electrons. The van der Waals surface area contributed by atoms with Crippen LogP contribution in [-0.4, -0.2) is 28.6 Å². The lowest BCUT2D eigenvalue weighted by atomic mass is 9.93. The molecule has 1 aromatic heterocycles. The van der Waals surface area contributed by atoms with Crippen LogP contribution in [-0.2, 0) is 11.3 Å². The number of hydrogen-bond acceptors (Lipinski definition) is 4. The van der Waals surface area contributed by atoms with E-state index in [9.17, 15) is 4.79 Å². The Labute approximate surface area is 173 Å². The molecule has 1 aromatic carbocycles. The number of aromatic nitrogens is 1. The van der Waals surface area contributed by atoms with Crippen molar-refractivity contribution in [3.63, 3.8) is 0 Å². The highest BCUT2D eigenvalue weighted by Crippen LogP contribution is 2.35. The van der Waals surface area contributed by atoms with Crippen LogP contribution in [0.25, 0.3) is 0 Å². The van der Waals surface area contributed by atoms with E-state index in [1.807, 2.05) is 47.5 Å². The van der Waals surface area contributed by atoms with Crippen LogP contribution in [0, 0.1) is 0 Å². The molecule has 1 saturated carbocycles. The van der Waals surface area contributed by atoms with Gasteiger partial charge in [-0.1, -0.05) is 55.7 Å². The highest BCUT2D eigenvalue weighted by atomic mass is 16.6. The van der Waals surface area contributed by atoms with Crippen LogP contribution in [0.2, 0.25) is 0 Å². The minimum atomic E-state index is -0.231. The summed E-state index contributed by atoms with van der Waals surface area (Å²) in [6.45, 7) is 1.04. The largest absolute Gasteiger partial charge is 0.445 e. The molecule has 29 heavy (non-hydrogen) atoms. The molecule has 1 amide bonds. The molecule has 1 saturated heterocycles. The Hall–Kier alpha value is -2.56. The highest BCUT2D eigenvalue weighted by molar-refractivity contribution is 5.69. The average Bonchev–Trinajstić information content (AvgIpc) is 2.79. The fraction of sp³-hybridized carbons (Fsp3) is 0.500. The van der Waals surface area contributed by atoms with Gasteiger partial charge in [0.25, 0.3) is 0 Å². The second-order valence-electron chi connectivity index (χ2n) is 8.17. The number of rotatable bonds is 5. The molecule has 5 nitrogen and oxygen atoms in total. The maximum atomic E-state index is 12.9. The number of anilines is 1. The first-order chi connectivity index (χ1) is 14.3. The Bertz CT molecular complexity index is 790. The van der Waals surface area contributed by atoms with Crippen molar-refractivity contribution in [2.45, 2.75) is 70.1 Å². The van der Waals surface area contributed by atoms with E-state index in [0.29, 0.717) is 12.6 Å². The molecule has 2 heterocycles. The van der Waals surface area contributed by atoms with E-state index < -0.39 is 0 Å². The van der Waals surface area contributed by atoms with E-state index in [1.54, 1.807) is 0 Å². The Morgan fingerprint density at radius 3 is 2.62 bits per heavy atom. The first-order valence-electron chi connectivity index (χ1n) is 11.0. The molecule has 1 aliphatic heterocycles. The van der Waals surface area contributed by atoms with Crippen molar-refractivity contribution in [1.82, 2.24) is 9.88 Å². The summed E-state index contributed by atoms with van der Waals surface area (Å²) in [6, 6.07) is 14.5. The van der Waals surface area contributed by atoms with Gasteiger partial charge in [-0.15, -0.1) is 0 Å². The fourth-order valence-electron chi connectivity index (χ4n) is 4.52. The summed E-state index contributed by atoms with van der Waals surface area (Å²) < 4.78 is 5.66. The van der Waals surface area contributed by atoms with Gasteiger partial charge in [0.05, 0.1) is 6.04 Å². The SMILES string of the molecule is O=C(OCc1ccccc1)N1CCCC[C@H]1c1cccnc1NC1CCCCC1. The van der Waals surface area contributed by atoms with Crippen molar-refractivity contribution in [2.75, 3.05) is 11.9 Å². The van der Waals surface area contributed by atoms with Gasteiger partial charge in [0.15, 0.2) is 0 Å². The second-order valence-corrected chi connectivity index (χ2v) is 8.17. The van der Waals surface area contributed by atoms with Crippen molar-refractivity contribution < 1.29 is 9.53 Å². The van der Waals surface area contributed by atoms with Crippen molar-refractivity contribution in [3.05, 3.63) is 59.8 Å². The molecule has 0 spiro atoms. The summed E-state index contributed by atoms with van der Waals surface area (Å²) in [6.07, 6.45) is 11.0. The van der Waals surface area contributed by atoms with Gasteiger partial charge in [0, 0.05) is 24.3 Å². The summed E-state index contributed by atoms with van der Waals surface area (Å²) >= 11 is 0. The number of amides is 1. The zero-order chi connectivity index (χ0) is 19.9. The molecular formula is C24H31N3O2. The maximum absolute atomic E-state index is 12.9. The standard InChI is InChI=1S/C24H31N3O2/c28-24(29-18-19-10-3-1-4-11-19)27-17-8-7-15-22(27)21-14-9-16-25-23(21)26-20-12-5-2-6-13-20/h1,3-4,9-11,14,16,20,22H,2,5-8,12-13,15,17-18H2,(H,25,26)/t22-/m0/s1. The second kappa shape index (κ2) is 9.77. The van der Waals surface area contributed by atoms with Crippen LogP contribution in [0.15, 0.2) is 48.7 Å². The lowest BCUT2D eigenvalue weighted by Gasteiger charge is -2.36. The molecule has 1 atom stereocenters. The van der Waals surface area contributed by atoms with Gasteiger partial charge in [0.1, 0.15) is 12.4 Å². The molecule has 2 fully saturated rings. The summed E-state index contributed by atoms with van der Waals surface area (Å²) in [7, 11) is 0. The van der Waals surface area contributed by atoms with E-state index in [2.05, 4.69) is 16.4 Å². The molecule has 0 radical (unpaired) electrons. The third-order valence-electron chi connectivity index (χ3n) is 6.09. The summed E-state index contributed by atoms with van der Waals surface area (Å²) in [5, 5.41) is 3.67. The van der Waals surface area contributed by atoms with E-state index >= 15 is 0 Å². The van der Waals surface area contributed by atoms with Gasteiger partial charge >= 0.3 is 6.09 Å². The van der Waals surface area contributed by atoms with Gasteiger partial charge < -0.3 is 15.0 Å². The Balaban J connectivity index is 1.47. The number of carbonyl (C=O) groups excluding carboxylic acids is 1. The zero-order valence-electron chi connectivity index (χ0n) is 17.1. The van der Waals surface area contributed by atoms with Crippen molar-refractivity contribution >= 4 is 11.9 Å². The van der Waals surface area contributed by atoms with Gasteiger partial charge in [0.2, 0.25) is 0 Å². The molecule has 1 N–H and O–H groups in total. The Kier molecular flexibility index (Phi) is 6.65. The van der Waals surface area contributed by atoms with Gasteiger partial charge in [-0.2, -0.15) is 0 Å². The van der Waals surface area contributed by atoms with Gasteiger partial charge in [-0.3, -0.25) is 0 Å². The number of ether oxygens (including phenoxy) is 1. The maximum Gasteiger partial charge on any atom is 0.410 e. The average molecular weight is 394 g/mol. The molecular weight excluding hydrogens is 362 g/mol. The van der Waals surface area contributed by atoms with Crippen LogP contribution in [0.3, 0.4) is 0 Å². The minimum absolute atomic E-state index is 0.0202. The number of nitrogens with one attached hydrogen (secondary N) is 1. The predicted molar refractivity (Wildman–Crippen MR) is 115 cm³/mol. The lowest BCUT2D eigenvalue weighted by Crippen LogP contribution is -2.39. The van der Waals surface area contributed by atoms with Crippen molar-refractivity contribution in [1.29, 1.82) is 0 Å². The first kappa shape index (κ1) is 19.7. The minimum Gasteiger partial charge on any atom is -0.445 e. The number of piperidine rings is 1. The van der Waals surface area contributed by atoms with Crippen molar-refractivity contribution in [2.24, 2.45) is 0 Å². The smallest absolute Gasteiger partial charge is 0.410 e. The van der Waals surface area contributed by atoms with Crippen LogP contribution in [0.4, 0.5) is 10.6 Å². The molecule has 5 heteroatoms. The quantitative estimate of drug-likeness (QED) is 0.709. The molecule has 0 bridgehead atoms. The first-order valence-corrected chi connectivity index (χ1v) is 11.0. The normalized spacial score (nSPS) is 20.3. The fourth-order valence-corrected chi connectivity index (χ4v) is 4.52.